The van der Waals surface area contributed by atoms with E-state index in [9.17, 15) is 0 Å². The van der Waals surface area contributed by atoms with E-state index in [1.165, 1.54) is 9.75 Å². The van der Waals surface area contributed by atoms with Crippen LogP contribution in [0.15, 0.2) is 12.1 Å². The molecular formula is C10H16ClNS. The lowest BCUT2D eigenvalue weighted by atomic mass is 10.3. The van der Waals surface area contributed by atoms with Crippen LogP contribution < -0.4 is 5.32 Å². The van der Waals surface area contributed by atoms with Gasteiger partial charge in [0.25, 0.3) is 0 Å². The Kier molecular flexibility index (Phi) is 5.44. The second-order valence-corrected chi connectivity index (χ2v) is 4.57. The molecule has 1 aromatic heterocycles. The van der Waals surface area contributed by atoms with Gasteiger partial charge in [-0.15, -0.1) is 22.9 Å². The van der Waals surface area contributed by atoms with Crippen LogP contribution in [0.1, 0.15) is 23.1 Å². The van der Waals surface area contributed by atoms with E-state index in [1.807, 2.05) is 11.3 Å². The molecule has 0 unspecified atom stereocenters. The van der Waals surface area contributed by atoms with Crippen LogP contribution in [0, 0.1) is 0 Å². The highest BCUT2D eigenvalue weighted by molar-refractivity contribution is 7.11. The Balaban J connectivity index is 2.20. The van der Waals surface area contributed by atoms with Crippen LogP contribution in [-0.4, -0.2) is 12.4 Å². The molecule has 0 bridgehead atoms. The van der Waals surface area contributed by atoms with Crippen molar-refractivity contribution in [3.05, 3.63) is 21.9 Å². The van der Waals surface area contributed by atoms with Crippen LogP contribution in [0.3, 0.4) is 0 Å². The molecule has 1 N–H and O–H groups in total. The first-order valence-corrected chi connectivity index (χ1v) is 6.06. The first-order valence-electron chi connectivity index (χ1n) is 4.71. The minimum Gasteiger partial charge on any atom is -0.312 e. The summed E-state index contributed by atoms with van der Waals surface area (Å²) in [5.74, 6) is 0.748. The van der Waals surface area contributed by atoms with Crippen LogP contribution in [0.4, 0.5) is 0 Å². The number of nitrogens with one attached hydrogen (secondary N) is 1. The number of hydrogen-bond donors (Lipinski definition) is 1. The number of alkyl halides is 1. The maximum absolute atomic E-state index is 5.57. The lowest BCUT2D eigenvalue weighted by molar-refractivity contribution is 0.684. The third kappa shape index (κ3) is 4.12. The minimum atomic E-state index is 0.748. The zero-order valence-electron chi connectivity index (χ0n) is 7.98. The molecule has 1 heterocycles. The second-order valence-electron chi connectivity index (χ2n) is 2.94. The molecule has 0 radical (unpaired) electrons. The topological polar surface area (TPSA) is 12.0 Å². The van der Waals surface area contributed by atoms with Crippen molar-refractivity contribution in [2.75, 3.05) is 12.4 Å². The summed E-state index contributed by atoms with van der Waals surface area (Å²) in [5, 5.41) is 3.37. The molecule has 0 aliphatic heterocycles. The third-order valence-corrected chi connectivity index (χ3v) is 3.35. The Hall–Kier alpha value is -0.0500. The fraction of sp³-hybridized carbons (Fsp3) is 0.600. The summed E-state index contributed by atoms with van der Waals surface area (Å²) in [5.41, 5.74) is 0. The van der Waals surface area contributed by atoms with Crippen molar-refractivity contribution < 1.29 is 0 Å². The van der Waals surface area contributed by atoms with Crippen LogP contribution in [0.25, 0.3) is 0 Å². The Morgan fingerprint density at radius 3 is 2.77 bits per heavy atom. The molecule has 0 amide bonds. The van der Waals surface area contributed by atoms with Gasteiger partial charge >= 0.3 is 0 Å². The van der Waals surface area contributed by atoms with Gasteiger partial charge < -0.3 is 5.32 Å². The van der Waals surface area contributed by atoms with E-state index in [0.717, 1.165) is 31.8 Å². The van der Waals surface area contributed by atoms with Crippen molar-refractivity contribution >= 4 is 22.9 Å². The van der Waals surface area contributed by atoms with E-state index in [0.29, 0.717) is 0 Å². The molecule has 1 nitrogen and oxygen atoms in total. The summed E-state index contributed by atoms with van der Waals surface area (Å²) in [6.45, 7) is 4.20. The number of aryl methyl sites for hydroxylation is 1. The van der Waals surface area contributed by atoms with Gasteiger partial charge in [-0.25, -0.2) is 0 Å². The highest BCUT2D eigenvalue weighted by atomic mass is 35.5. The van der Waals surface area contributed by atoms with E-state index in [2.05, 4.69) is 24.4 Å². The smallest absolute Gasteiger partial charge is 0.0299 e. The fourth-order valence-corrected chi connectivity index (χ4v) is 2.17. The molecule has 0 aliphatic carbocycles. The zero-order chi connectivity index (χ0) is 9.52. The van der Waals surface area contributed by atoms with Gasteiger partial charge in [0.2, 0.25) is 0 Å². The first-order chi connectivity index (χ1) is 6.36. The van der Waals surface area contributed by atoms with Crippen LogP contribution in [0.2, 0.25) is 0 Å². The Morgan fingerprint density at radius 2 is 2.15 bits per heavy atom. The van der Waals surface area contributed by atoms with Gasteiger partial charge in [-0.3, -0.25) is 0 Å². The van der Waals surface area contributed by atoms with E-state index in [4.69, 9.17) is 11.6 Å². The summed E-state index contributed by atoms with van der Waals surface area (Å²) < 4.78 is 0. The summed E-state index contributed by atoms with van der Waals surface area (Å²) in [6, 6.07) is 4.42. The van der Waals surface area contributed by atoms with Crippen molar-refractivity contribution in [3.8, 4) is 0 Å². The van der Waals surface area contributed by atoms with Gasteiger partial charge in [0.05, 0.1) is 0 Å². The van der Waals surface area contributed by atoms with Crippen molar-refractivity contribution in [3.63, 3.8) is 0 Å². The highest BCUT2D eigenvalue weighted by Gasteiger charge is 1.97. The third-order valence-electron chi connectivity index (χ3n) is 1.85. The molecule has 0 aliphatic rings. The standard InChI is InChI=1S/C10H16ClNS/c1-2-9-4-5-10(13-9)8-12-7-3-6-11/h4-5,12H,2-3,6-8H2,1H3. The molecule has 0 aromatic carbocycles. The predicted octanol–water partition coefficient (Wildman–Crippen LogP) is 3.03. The zero-order valence-corrected chi connectivity index (χ0v) is 9.55. The molecule has 74 valence electrons. The van der Waals surface area contributed by atoms with Crippen LogP contribution in [-0.2, 0) is 13.0 Å². The molecule has 0 saturated heterocycles. The molecule has 1 rings (SSSR count). The number of hydrogen-bond acceptors (Lipinski definition) is 2. The molecule has 0 saturated carbocycles. The quantitative estimate of drug-likeness (QED) is 0.571. The van der Waals surface area contributed by atoms with E-state index in [1.54, 1.807) is 0 Å². The minimum absolute atomic E-state index is 0.748. The van der Waals surface area contributed by atoms with Gasteiger partial charge in [-0.2, -0.15) is 0 Å². The summed E-state index contributed by atoms with van der Waals surface area (Å²) >= 11 is 7.47. The lowest BCUT2D eigenvalue weighted by Crippen LogP contribution is -2.13. The Morgan fingerprint density at radius 1 is 1.38 bits per heavy atom. The first kappa shape index (κ1) is 11.0. The van der Waals surface area contributed by atoms with Gasteiger partial charge in [-0.1, -0.05) is 6.92 Å². The van der Waals surface area contributed by atoms with Crippen molar-refractivity contribution in [1.29, 1.82) is 0 Å². The maximum atomic E-state index is 5.57. The molecule has 13 heavy (non-hydrogen) atoms. The van der Waals surface area contributed by atoms with Gasteiger partial charge in [-0.05, 0) is 31.5 Å². The molecule has 0 spiro atoms. The summed E-state index contributed by atoms with van der Waals surface area (Å²) in [7, 11) is 0. The summed E-state index contributed by atoms with van der Waals surface area (Å²) in [6.07, 6.45) is 2.19. The molecule has 3 heteroatoms. The largest absolute Gasteiger partial charge is 0.312 e. The van der Waals surface area contributed by atoms with Crippen molar-refractivity contribution in [1.82, 2.24) is 5.32 Å². The highest BCUT2D eigenvalue weighted by Crippen LogP contribution is 2.16. The van der Waals surface area contributed by atoms with Gasteiger partial charge in [0, 0.05) is 22.2 Å². The predicted molar refractivity (Wildman–Crippen MR) is 60.7 cm³/mol. The number of rotatable bonds is 6. The van der Waals surface area contributed by atoms with Gasteiger partial charge in [0.1, 0.15) is 0 Å². The molecule has 0 atom stereocenters. The fourth-order valence-electron chi connectivity index (χ4n) is 1.11. The molecule has 1 aromatic rings. The van der Waals surface area contributed by atoms with E-state index in [-0.39, 0.29) is 0 Å². The summed E-state index contributed by atoms with van der Waals surface area (Å²) in [4.78, 5) is 2.89. The second kappa shape index (κ2) is 6.41. The maximum Gasteiger partial charge on any atom is 0.0299 e. The molecule has 0 fully saturated rings. The SMILES string of the molecule is CCc1ccc(CNCCCCl)s1. The lowest BCUT2D eigenvalue weighted by Gasteiger charge is -1.99. The normalized spacial score (nSPS) is 10.6. The average molecular weight is 218 g/mol. The van der Waals surface area contributed by atoms with Crippen molar-refractivity contribution in [2.45, 2.75) is 26.3 Å². The van der Waals surface area contributed by atoms with Gasteiger partial charge in [0.15, 0.2) is 0 Å². The number of halogens is 1. The van der Waals surface area contributed by atoms with E-state index >= 15 is 0 Å². The molecular weight excluding hydrogens is 202 g/mol. The monoisotopic (exact) mass is 217 g/mol. The van der Waals surface area contributed by atoms with Crippen LogP contribution in [0.5, 0.6) is 0 Å². The Bertz CT molecular complexity index is 235. The van der Waals surface area contributed by atoms with Crippen LogP contribution >= 0.6 is 22.9 Å². The average Bonchev–Trinajstić information content (AvgIpc) is 2.60. The van der Waals surface area contributed by atoms with E-state index < -0.39 is 0 Å². The van der Waals surface area contributed by atoms with Crippen molar-refractivity contribution in [2.24, 2.45) is 0 Å². The Labute approximate surface area is 89.1 Å². The number of thiophene rings is 1.